The van der Waals surface area contributed by atoms with E-state index in [1.54, 1.807) is 12.4 Å². The highest BCUT2D eigenvalue weighted by atomic mass is 16.1. The monoisotopic (exact) mass is 187 g/mol. The van der Waals surface area contributed by atoms with Crippen LogP contribution >= 0.6 is 0 Å². The first-order chi connectivity index (χ1) is 6.79. The molecule has 0 bridgehead atoms. The highest BCUT2D eigenvalue weighted by Crippen LogP contribution is 2.14. The van der Waals surface area contributed by atoms with Gasteiger partial charge in [0.1, 0.15) is 5.82 Å². The lowest BCUT2D eigenvalue weighted by molar-refractivity contribution is 0.111. The lowest BCUT2D eigenvalue weighted by atomic mass is 10.2. The summed E-state index contributed by atoms with van der Waals surface area (Å²) in [6, 6.07) is 1.96. The Balaban J connectivity index is 2.43. The van der Waals surface area contributed by atoms with Gasteiger partial charge in [0, 0.05) is 18.0 Å². The second-order valence-corrected chi connectivity index (χ2v) is 3.06. The van der Waals surface area contributed by atoms with Crippen molar-refractivity contribution in [3.8, 4) is 11.4 Å². The van der Waals surface area contributed by atoms with E-state index in [0.29, 0.717) is 11.5 Å². The van der Waals surface area contributed by atoms with E-state index in [1.165, 1.54) is 6.20 Å². The molecule has 0 aliphatic carbocycles. The molecule has 1 N–H and O–H groups in total. The number of carbonyl (C=O) groups excluding carboxylic acids is 1. The van der Waals surface area contributed by atoms with Gasteiger partial charge in [-0.1, -0.05) is 0 Å². The van der Waals surface area contributed by atoms with Gasteiger partial charge in [0.25, 0.3) is 0 Å². The van der Waals surface area contributed by atoms with Crippen LogP contribution in [0.25, 0.3) is 11.4 Å². The molecule has 14 heavy (non-hydrogen) atoms. The maximum absolute atomic E-state index is 10.4. The molecule has 2 aromatic rings. The van der Waals surface area contributed by atoms with Crippen LogP contribution in [0.3, 0.4) is 0 Å². The quantitative estimate of drug-likeness (QED) is 0.726. The number of nitrogens with one attached hydrogen (secondary N) is 1. The predicted octanol–water partition coefficient (Wildman–Crippen LogP) is 1.59. The molecule has 0 amide bonds. The lowest BCUT2D eigenvalue weighted by Crippen LogP contribution is -1.84. The van der Waals surface area contributed by atoms with Crippen LogP contribution in [0, 0.1) is 6.92 Å². The number of nitrogens with zero attached hydrogens (tertiary/aromatic N) is 2. The maximum atomic E-state index is 10.4. The molecule has 0 saturated heterocycles. The van der Waals surface area contributed by atoms with Crippen molar-refractivity contribution >= 4 is 6.29 Å². The van der Waals surface area contributed by atoms with Gasteiger partial charge in [0.05, 0.1) is 11.9 Å². The molecule has 0 aromatic carbocycles. The van der Waals surface area contributed by atoms with E-state index in [2.05, 4.69) is 15.0 Å². The summed E-state index contributed by atoms with van der Waals surface area (Å²) in [6.45, 7) is 1.96. The Morgan fingerprint density at radius 2 is 2.21 bits per heavy atom. The Labute approximate surface area is 81.0 Å². The van der Waals surface area contributed by atoms with E-state index in [9.17, 15) is 4.79 Å². The molecule has 2 heterocycles. The van der Waals surface area contributed by atoms with Crippen LogP contribution in [0.2, 0.25) is 0 Å². The van der Waals surface area contributed by atoms with Gasteiger partial charge in [-0.15, -0.1) is 0 Å². The second-order valence-electron chi connectivity index (χ2n) is 3.06. The lowest BCUT2D eigenvalue weighted by Gasteiger charge is -1.96. The number of imidazole rings is 1. The standard InChI is InChI=1S/C10H9N3O/c1-7-2-8(4-11-3-7)10-12-5-9(6-14)13-10/h2-6H,1H3,(H,12,13). The fraction of sp³-hybridized carbons (Fsp3) is 0.100. The summed E-state index contributed by atoms with van der Waals surface area (Å²) in [7, 11) is 0. The fourth-order valence-electron chi connectivity index (χ4n) is 1.23. The van der Waals surface area contributed by atoms with Gasteiger partial charge < -0.3 is 4.98 Å². The largest absolute Gasteiger partial charge is 0.336 e. The first kappa shape index (κ1) is 8.62. The minimum atomic E-state index is 0.474. The first-order valence-electron chi connectivity index (χ1n) is 4.22. The van der Waals surface area contributed by atoms with Crippen LogP contribution in [-0.2, 0) is 0 Å². The Morgan fingerprint density at radius 3 is 2.86 bits per heavy atom. The summed E-state index contributed by atoms with van der Waals surface area (Å²) in [5.74, 6) is 0.670. The van der Waals surface area contributed by atoms with Gasteiger partial charge in [-0.25, -0.2) is 4.98 Å². The molecule has 0 unspecified atom stereocenters. The fourth-order valence-corrected chi connectivity index (χ4v) is 1.23. The molecule has 4 heteroatoms. The number of aldehydes is 1. The molecular formula is C10H9N3O. The molecule has 2 rings (SSSR count). The minimum absolute atomic E-state index is 0.474. The first-order valence-corrected chi connectivity index (χ1v) is 4.22. The Morgan fingerprint density at radius 1 is 1.36 bits per heavy atom. The summed E-state index contributed by atoms with van der Waals surface area (Å²) >= 11 is 0. The van der Waals surface area contributed by atoms with E-state index >= 15 is 0 Å². The molecule has 0 fully saturated rings. The molecule has 0 radical (unpaired) electrons. The van der Waals surface area contributed by atoms with Crippen molar-refractivity contribution in [3.05, 3.63) is 35.9 Å². The summed E-state index contributed by atoms with van der Waals surface area (Å²) in [6.07, 6.45) is 5.72. The third-order valence-corrected chi connectivity index (χ3v) is 1.87. The van der Waals surface area contributed by atoms with Crippen LogP contribution in [0.5, 0.6) is 0 Å². The number of hydrogen-bond acceptors (Lipinski definition) is 3. The number of aromatic nitrogens is 3. The zero-order chi connectivity index (χ0) is 9.97. The third-order valence-electron chi connectivity index (χ3n) is 1.87. The van der Waals surface area contributed by atoms with Crippen molar-refractivity contribution in [1.29, 1.82) is 0 Å². The van der Waals surface area contributed by atoms with Crippen LogP contribution in [0.4, 0.5) is 0 Å². The van der Waals surface area contributed by atoms with E-state index in [0.717, 1.165) is 17.4 Å². The highest BCUT2D eigenvalue weighted by molar-refractivity contribution is 5.73. The molecule has 2 aromatic heterocycles. The number of aromatic amines is 1. The molecule has 0 aliphatic heterocycles. The summed E-state index contributed by atoms with van der Waals surface area (Å²) in [4.78, 5) is 21.4. The molecular weight excluding hydrogens is 178 g/mol. The zero-order valence-corrected chi connectivity index (χ0v) is 7.69. The maximum Gasteiger partial charge on any atom is 0.167 e. The van der Waals surface area contributed by atoms with Gasteiger partial charge in [0.15, 0.2) is 6.29 Å². The third kappa shape index (κ3) is 1.54. The van der Waals surface area contributed by atoms with Gasteiger partial charge in [0.2, 0.25) is 0 Å². The molecule has 0 atom stereocenters. The zero-order valence-electron chi connectivity index (χ0n) is 7.69. The number of hydrogen-bond donors (Lipinski definition) is 1. The molecule has 0 spiro atoms. The summed E-state index contributed by atoms with van der Waals surface area (Å²) in [5.41, 5.74) is 2.42. The number of carbonyl (C=O) groups is 1. The summed E-state index contributed by atoms with van der Waals surface area (Å²) in [5, 5.41) is 0. The van der Waals surface area contributed by atoms with Crippen LogP contribution < -0.4 is 0 Å². The average Bonchev–Trinajstić information content (AvgIpc) is 2.66. The van der Waals surface area contributed by atoms with Crippen molar-refractivity contribution in [1.82, 2.24) is 15.0 Å². The van der Waals surface area contributed by atoms with Crippen molar-refractivity contribution in [3.63, 3.8) is 0 Å². The average molecular weight is 187 g/mol. The van der Waals surface area contributed by atoms with Crippen molar-refractivity contribution < 1.29 is 4.79 Å². The molecule has 0 aliphatic rings. The van der Waals surface area contributed by atoms with E-state index in [-0.39, 0.29) is 0 Å². The van der Waals surface area contributed by atoms with E-state index in [4.69, 9.17) is 0 Å². The highest BCUT2D eigenvalue weighted by Gasteiger charge is 2.02. The normalized spacial score (nSPS) is 10.1. The molecule has 4 nitrogen and oxygen atoms in total. The minimum Gasteiger partial charge on any atom is -0.336 e. The Kier molecular flexibility index (Phi) is 2.10. The number of pyridine rings is 1. The van der Waals surface area contributed by atoms with Crippen LogP contribution in [-0.4, -0.2) is 21.2 Å². The van der Waals surface area contributed by atoms with Crippen molar-refractivity contribution in [2.45, 2.75) is 6.92 Å². The number of H-pyrrole nitrogens is 1. The summed E-state index contributed by atoms with van der Waals surface area (Å²) < 4.78 is 0. The van der Waals surface area contributed by atoms with Crippen molar-refractivity contribution in [2.75, 3.05) is 0 Å². The second kappa shape index (κ2) is 3.41. The molecule has 70 valence electrons. The van der Waals surface area contributed by atoms with Gasteiger partial charge >= 0.3 is 0 Å². The van der Waals surface area contributed by atoms with Crippen LogP contribution in [0.15, 0.2) is 24.7 Å². The SMILES string of the molecule is Cc1cncc(-c2ncc(C=O)[nH]2)c1. The number of aryl methyl sites for hydroxylation is 1. The van der Waals surface area contributed by atoms with Gasteiger partial charge in [-0.2, -0.15) is 0 Å². The predicted molar refractivity (Wildman–Crippen MR) is 51.9 cm³/mol. The Hall–Kier alpha value is -1.97. The van der Waals surface area contributed by atoms with Gasteiger partial charge in [-0.3, -0.25) is 9.78 Å². The van der Waals surface area contributed by atoms with Crippen molar-refractivity contribution in [2.24, 2.45) is 0 Å². The topological polar surface area (TPSA) is 58.6 Å². The Bertz CT molecular complexity index is 462. The smallest absolute Gasteiger partial charge is 0.167 e. The van der Waals surface area contributed by atoms with E-state index in [1.807, 2.05) is 13.0 Å². The molecule has 0 saturated carbocycles. The van der Waals surface area contributed by atoms with Gasteiger partial charge in [-0.05, 0) is 18.6 Å². The van der Waals surface area contributed by atoms with E-state index < -0.39 is 0 Å². The van der Waals surface area contributed by atoms with Crippen LogP contribution in [0.1, 0.15) is 16.1 Å². The number of rotatable bonds is 2.